The van der Waals surface area contributed by atoms with Gasteiger partial charge in [0.2, 0.25) is 0 Å². The first kappa shape index (κ1) is 15.9. The third-order valence-corrected chi connectivity index (χ3v) is 5.29. The number of hydrogen-bond acceptors (Lipinski definition) is 4. The van der Waals surface area contributed by atoms with Crippen LogP contribution in [0.2, 0.25) is 5.15 Å². The average molecular weight is 314 g/mol. The van der Waals surface area contributed by atoms with Crippen molar-refractivity contribution in [1.29, 1.82) is 0 Å². The van der Waals surface area contributed by atoms with Crippen molar-refractivity contribution in [1.82, 2.24) is 9.97 Å². The van der Waals surface area contributed by atoms with E-state index in [4.69, 9.17) is 11.6 Å². The summed E-state index contributed by atoms with van der Waals surface area (Å²) in [6, 6.07) is 0. The highest BCUT2D eigenvalue weighted by molar-refractivity contribution is 7.99. The number of hydrogen-bond donors (Lipinski definition) is 1. The van der Waals surface area contributed by atoms with Gasteiger partial charge in [-0.15, -0.1) is 0 Å². The van der Waals surface area contributed by atoms with Crippen molar-refractivity contribution < 1.29 is 0 Å². The third kappa shape index (κ3) is 4.01. The van der Waals surface area contributed by atoms with Crippen molar-refractivity contribution in [3.63, 3.8) is 0 Å². The minimum absolute atomic E-state index is 0.0899. The Morgan fingerprint density at radius 2 is 2.05 bits per heavy atom. The van der Waals surface area contributed by atoms with E-state index in [1.807, 2.05) is 6.92 Å². The summed E-state index contributed by atoms with van der Waals surface area (Å²) in [6.45, 7) is 9.26. The van der Waals surface area contributed by atoms with Crippen molar-refractivity contribution in [3.05, 3.63) is 16.5 Å². The molecule has 0 radical (unpaired) electrons. The fourth-order valence-electron chi connectivity index (χ4n) is 2.18. The second kappa shape index (κ2) is 6.52. The summed E-state index contributed by atoms with van der Waals surface area (Å²) in [6.07, 6.45) is 3.99. The molecule has 1 unspecified atom stereocenters. The van der Waals surface area contributed by atoms with Crippen LogP contribution in [0.5, 0.6) is 0 Å². The number of anilines is 1. The zero-order valence-corrected chi connectivity index (χ0v) is 14.4. The number of halogens is 1. The molecule has 1 aromatic heterocycles. The monoisotopic (exact) mass is 313 g/mol. The van der Waals surface area contributed by atoms with Crippen LogP contribution in [-0.2, 0) is 5.41 Å². The Balaban J connectivity index is 2.11. The Morgan fingerprint density at radius 1 is 1.30 bits per heavy atom. The first-order valence-corrected chi connectivity index (χ1v) is 8.70. The molecule has 1 aliphatic rings. The molecule has 0 bridgehead atoms. The molecule has 1 saturated heterocycles. The van der Waals surface area contributed by atoms with Gasteiger partial charge in [-0.25, -0.2) is 9.97 Å². The molecule has 2 rings (SSSR count). The lowest BCUT2D eigenvalue weighted by atomic mass is 9.95. The number of aromatic nitrogens is 2. The third-order valence-electron chi connectivity index (χ3n) is 3.53. The first-order valence-electron chi connectivity index (χ1n) is 7.28. The van der Waals surface area contributed by atoms with Gasteiger partial charge in [0.25, 0.3) is 0 Å². The van der Waals surface area contributed by atoms with E-state index < -0.39 is 0 Å². The Bertz CT molecular complexity index is 465. The number of rotatable bonds is 3. The van der Waals surface area contributed by atoms with E-state index in [-0.39, 0.29) is 5.41 Å². The molecule has 0 spiro atoms. The topological polar surface area (TPSA) is 37.8 Å². The van der Waals surface area contributed by atoms with Crippen LogP contribution in [0.1, 0.15) is 51.4 Å². The maximum atomic E-state index is 6.25. The molecule has 112 valence electrons. The van der Waals surface area contributed by atoms with Gasteiger partial charge in [-0.1, -0.05) is 38.8 Å². The van der Waals surface area contributed by atoms with E-state index in [1.165, 1.54) is 25.0 Å². The Labute approximate surface area is 131 Å². The van der Waals surface area contributed by atoms with Gasteiger partial charge in [-0.05, 0) is 25.5 Å². The second-order valence-corrected chi connectivity index (χ2v) is 8.20. The predicted molar refractivity (Wildman–Crippen MR) is 89.1 cm³/mol. The fraction of sp³-hybridized carbons (Fsp3) is 0.733. The summed E-state index contributed by atoms with van der Waals surface area (Å²) >= 11 is 8.31. The summed E-state index contributed by atoms with van der Waals surface area (Å²) in [4.78, 5) is 9.08. The van der Waals surface area contributed by atoms with E-state index in [2.05, 4.69) is 47.8 Å². The molecular formula is C15H24ClN3S. The highest BCUT2D eigenvalue weighted by atomic mass is 35.5. The summed E-state index contributed by atoms with van der Waals surface area (Å²) in [5.41, 5.74) is 0.855. The minimum atomic E-state index is -0.0899. The molecule has 3 nitrogen and oxygen atoms in total. The maximum Gasteiger partial charge on any atom is 0.137 e. The van der Waals surface area contributed by atoms with Crippen molar-refractivity contribution in [2.24, 2.45) is 0 Å². The molecule has 1 aromatic rings. The smallest absolute Gasteiger partial charge is 0.137 e. The summed E-state index contributed by atoms with van der Waals surface area (Å²) in [5.74, 6) is 2.97. The molecule has 0 saturated carbocycles. The van der Waals surface area contributed by atoms with Crippen molar-refractivity contribution in [2.45, 2.75) is 57.6 Å². The largest absolute Gasteiger partial charge is 0.369 e. The van der Waals surface area contributed by atoms with E-state index in [0.717, 1.165) is 23.8 Å². The van der Waals surface area contributed by atoms with E-state index >= 15 is 0 Å². The molecular weight excluding hydrogens is 290 g/mol. The zero-order chi connectivity index (χ0) is 14.8. The van der Waals surface area contributed by atoms with Crippen LogP contribution in [0.25, 0.3) is 0 Å². The summed E-state index contributed by atoms with van der Waals surface area (Å²) in [5, 5.41) is 4.73. The predicted octanol–water partition coefficient (Wildman–Crippen LogP) is 4.43. The summed E-state index contributed by atoms with van der Waals surface area (Å²) in [7, 11) is 0. The quantitative estimate of drug-likeness (QED) is 0.838. The molecule has 0 aliphatic carbocycles. The Hall–Kier alpha value is -0.480. The SMILES string of the molecule is Cc1c(Cl)nc(C(C)(C)C)nc1NCC1CCCCS1. The van der Waals surface area contributed by atoms with Gasteiger partial charge in [0, 0.05) is 22.8 Å². The standard InChI is InChI=1S/C15H24ClN3S/c1-10-12(16)18-14(15(2,3)4)19-13(10)17-9-11-7-5-6-8-20-11/h11H,5-9H2,1-4H3,(H,17,18,19). The van der Waals surface area contributed by atoms with E-state index in [0.29, 0.717) is 10.4 Å². The van der Waals surface area contributed by atoms with Crippen LogP contribution in [0.3, 0.4) is 0 Å². The van der Waals surface area contributed by atoms with Gasteiger partial charge in [-0.2, -0.15) is 11.8 Å². The lowest BCUT2D eigenvalue weighted by molar-refractivity contribution is 0.545. The lowest BCUT2D eigenvalue weighted by Gasteiger charge is -2.23. The van der Waals surface area contributed by atoms with Gasteiger partial charge in [-0.3, -0.25) is 0 Å². The molecule has 0 amide bonds. The maximum absolute atomic E-state index is 6.25. The molecule has 1 N–H and O–H groups in total. The zero-order valence-electron chi connectivity index (χ0n) is 12.8. The van der Waals surface area contributed by atoms with Gasteiger partial charge in [0.15, 0.2) is 0 Å². The molecule has 1 aliphatic heterocycles. The van der Waals surface area contributed by atoms with Crippen LogP contribution in [0.4, 0.5) is 5.82 Å². The highest BCUT2D eigenvalue weighted by Crippen LogP contribution is 2.28. The van der Waals surface area contributed by atoms with Gasteiger partial charge < -0.3 is 5.32 Å². The van der Waals surface area contributed by atoms with Crippen LogP contribution in [0, 0.1) is 6.92 Å². The van der Waals surface area contributed by atoms with Crippen molar-refractivity contribution >= 4 is 29.2 Å². The number of thioether (sulfide) groups is 1. The van der Waals surface area contributed by atoms with Crippen LogP contribution in [0.15, 0.2) is 0 Å². The minimum Gasteiger partial charge on any atom is -0.369 e. The Kier molecular flexibility index (Phi) is 5.19. The molecule has 2 heterocycles. The van der Waals surface area contributed by atoms with E-state index in [1.54, 1.807) is 0 Å². The van der Waals surface area contributed by atoms with Crippen LogP contribution in [-0.4, -0.2) is 27.5 Å². The molecule has 1 fully saturated rings. The van der Waals surface area contributed by atoms with Crippen LogP contribution < -0.4 is 5.32 Å². The molecule has 0 aromatic carbocycles. The number of nitrogens with zero attached hydrogens (tertiary/aromatic N) is 2. The van der Waals surface area contributed by atoms with Crippen molar-refractivity contribution in [3.8, 4) is 0 Å². The second-order valence-electron chi connectivity index (χ2n) is 6.43. The van der Waals surface area contributed by atoms with Crippen molar-refractivity contribution in [2.75, 3.05) is 17.6 Å². The highest BCUT2D eigenvalue weighted by Gasteiger charge is 2.21. The number of nitrogens with one attached hydrogen (secondary N) is 1. The Morgan fingerprint density at radius 3 is 2.65 bits per heavy atom. The van der Waals surface area contributed by atoms with Gasteiger partial charge in [0.05, 0.1) is 0 Å². The van der Waals surface area contributed by atoms with Gasteiger partial charge >= 0.3 is 0 Å². The van der Waals surface area contributed by atoms with Gasteiger partial charge in [0.1, 0.15) is 16.8 Å². The lowest BCUT2D eigenvalue weighted by Crippen LogP contribution is -2.23. The average Bonchev–Trinajstić information content (AvgIpc) is 2.40. The molecule has 20 heavy (non-hydrogen) atoms. The first-order chi connectivity index (χ1) is 9.38. The van der Waals surface area contributed by atoms with E-state index in [9.17, 15) is 0 Å². The molecule has 5 heteroatoms. The van der Waals surface area contributed by atoms with Crippen LogP contribution >= 0.6 is 23.4 Å². The molecule has 1 atom stereocenters. The fourth-order valence-corrected chi connectivity index (χ4v) is 3.58. The normalized spacial score (nSPS) is 19.9. The summed E-state index contributed by atoms with van der Waals surface area (Å²) < 4.78 is 0.